The normalized spacial score (nSPS) is 11.8. The van der Waals surface area contributed by atoms with Gasteiger partial charge in [0.15, 0.2) is 6.61 Å². The summed E-state index contributed by atoms with van der Waals surface area (Å²) < 4.78 is 5.85. The van der Waals surface area contributed by atoms with Crippen molar-refractivity contribution in [2.45, 2.75) is 32.7 Å². The van der Waals surface area contributed by atoms with Gasteiger partial charge in [-0.3, -0.25) is 4.79 Å². The van der Waals surface area contributed by atoms with Crippen LogP contribution in [0.25, 0.3) is 0 Å². The van der Waals surface area contributed by atoms with E-state index in [1.54, 1.807) is 18.2 Å². The van der Waals surface area contributed by atoms with E-state index in [1.165, 1.54) is 0 Å². The molecule has 0 heterocycles. The van der Waals surface area contributed by atoms with Crippen molar-refractivity contribution in [3.63, 3.8) is 0 Å². The Morgan fingerprint density at radius 1 is 1.45 bits per heavy atom. The summed E-state index contributed by atoms with van der Waals surface area (Å²) in [4.78, 5) is 23.4. The fraction of sp³-hybridized carbons (Fsp3) is 0.429. The van der Waals surface area contributed by atoms with Gasteiger partial charge in [0.05, 0.1) is 5.56 Å². The molecule has 0 fully saturated rings. The van der Waals surface area contributed by atoms with Crippen LogP contribution in [-0.2, 0) is 9.53 Å². The molecule has 1 rings (SSSR count). The lowest BCUT2D eigenvalue weighted by Gasteiger charge is -2.13. The SMILES string of the molecule is CCC[C@@H](C)NC(=O)COC(=O)c1cc(I)ccc1N. The van der Waals surface area contributed by atoms with E-state index < -0.39 is 5.97 Å². The molecule has 0 saturated carbocycles. The van der Waals surface area contributed by atoms with Crippen LogP contribution in [-0.4, -0.2) is 24.5 Å². The van der Waals surface area contributed by atoms with Gasteiger partial charge < -0.3 is 15.8 Å². The quantitative estimate of drug-likeness (QED) is 0.444. The Balaban J connectivity index is 2.51. The smallest absolute Gasteiger partial charge is 0.340 e. The topological polar surface area (TPSA) is 81.4 Å². The number of rotatable bonds is 6. The van der Waals surface area contributed by atoms with Crippen molar-refractivity contribution in [2.75, 3.05) is 12.3 Å². The zero-order valence-corrected chi connectivity index (χ0v) is 13.8. The molecule has 0 bridgehead atoms. The first-order valence-corrected chi connectivity index (χ1v) is 7.53. The van der Waals surface area contributed by atoms with E-state index in [-0.39, 0.29) is 24.1 Å². The zero-order valence-electron chi connectivity index (χ0n) is 11.6. The number of halogens is 1. The summed E-state index contributed by atoms with van der Waals surface area (Å²) in [5, 5.41) is 2.76. The number of nitrogen functional groups attached to an aromatic ring is 1. The molecule has 6 heteroatoms. The molecule has 0 aliphatic carbocycles. The van der Waals surface area contributed by atoms with E-state index >= 15 is 0 Å². The van der Waals surface area contributed by atoms with E-state index in [2.05, 4.69) is 27.9 Å². The predicted molar refractivity (Wildman–Crippen MR) is 86.4 cm³/mol. The lowest BCUT2D eigenvalue weighted by Crippen LogP contribution is -2.35. The van der Waals surface area contributed by atoms with E-state index in [0.29, 0.717) is 5.69 Å². The number of carbonyl (C=O) groups is 2. The van der Waals surface area contributed by atoms with Crippen LogP contribution in [0.4, 0.5) is 5.69 Å². The summed E-state index contributed by atoms with van der Waals surface area (Å²) in [5.74, 6) is -0.886. The maximum atomic E-state index is 11.8. The number of hydrogen-bond acceptors (Lipinski definition) is 4. The fourth-order valence-corrected chi connectivity index (χ4v) is 2.23. The lowest BCUT2D eigenvalue weighted by atomic mass is 10.2. The molecule has 0 aliphatic rings. The molecule has 5 nitrogen and oxygen atoms in total. The molecule has 0 radical (unpaired) electrons. The number of benzene rings is 1. The van der Waals surface area contributed by atoms with Crippen LogP contribution in [0.2, 0.25) is 0 Å². The molecule has 110 valence electrons. The summed E-state index contributed by atoms with van der Waals surface area (Å²) in [6, 6.07) is 5.15. The third-order valence-electron chi connectivity index (χ3n) is 2.70. The molecule has 0 unspecified atom stereocenters. The van der Waals surface area contributed by atoms with Crippen LogP contribution in [0.3, 0.4) is 0 Å². The van der Waals surface area contributed by atoms with Crippen molar-refractivity contribution in [1.82, 2.24) is 5.32 Å². The Morgan fingerprint density at radius 3 is 2.80 bits per heavy atom. The summed E-state index contributed by atoms with van der Waals surface area (Å²) in [7, 11) is 0. The maximum Gasteiger partial charge on any atom is 0.340 e. The van der Waals surface area contributed by atoms with E-state index in [4.69, 9.17) is 10.5 Å². The third kappa shape index (κ3) is 5.36. The van der Waals surface area contributed by atoms with Crippen LogP contribution in [0.5, 0.6) is 0 Å². The van der Waals surface area contributed by atoms with Gasteiger partial charge in [0, 0.05) is 15.3 Å². The third-order valence-corrected chi connectivity index (χ3v) is 3.37. The minimum atomic E-state index is -0.584. The van der Waals surface area contributed by atoms with Crippen molar-refractivity contribution in [1.29, 1.82) is 0 Å². The fourth-order valence-electron chi connectivity index (χ4n) is 1.74. The zero-order chi connectivity index (χ0) is 15.1. The molecule has 0 spiro atoms. The molecule has 1 aromatic carbocycles. The minimum absolute atomic E-state index is 0.0777. The highest BCUT2D eigenvalue weighted by Crippen LogP contribution is 2.16. The highest BCUT2D eigenvalue weighted by Gasteiger charge is 2.14. The second-order valence-electron chi connectivity index (χ2n) is 4.56. The van der Waals surface area contributed by atoms with Crippen LogP contribution in [0.15, 0.2) is 18.2 Å². The van der Waals surface area contributed by atoms with Gasteiger partial charge in [0.2, 0.25) is 0 Å². The summed E-state index contributed by atoms with van der Waals surface area (Å²) >= 11 is 2.08. The average Bonchev–Trinajstić information content (AvgIpc) is 2.39. The molecule has 1 amide bonds. The standard InChI is InChI=1S/C14H19IN2O3/c1-3-4-9(2)17-13(18)8-20-14(19)11-7-10(15)5-6-12(11)16/h5-7,9H,3-4,8,16H2,1-2H3,(H,17,18)/t9-/m1/s1. The van der Waals surface area contributed by atoms with Gasteiger partial charge >= 0.3 is 5.97 Å². The number of nitrogens with two attached hydrogens (primary N) is 1. The highest BCUT2D eigenvalue weighted by atomic mass is 127. The number of hydrogen-bond donors (Lipinski definition) is 2. The van der Waals surface area contributed by atoms with Gasteiger partial charge in [0.1, 0.15) is 0 Å². The van der Waals surface area contributed by atoms with Gasteiger partial charge in [-0.2, -0.15) is 0 Å². The second kappa shape index (κ2) is 8.08. The lowest BCUT2D eigenvalue weighted by molar-refractivity contribution is -0.124. The highest BCUT2D eigenvalue weighted by molar-refractivity contribution is 14.1. The number of nitrogens with one attached hydrogen (secondary N) is 1. The Labute approximate surface area is 132 Å². The van der Waals surface area contributed by atoms with Crippen molar-refractivity contribution in [2.24, 2.45) is 0 Å². The van der Waals surface area contributed by atoms with Crippen LogP contribution < -0.4 is 11.1 Å². The molecule has 0 aliphatic heterocycles. The summed E-state index contributed by atoms with van der Waals surface area (Å²) in [6.07, 6.45) is 1.88. The van der Waals surface area contributed by atoms with Crippen molar-refractivity contribution in [3.8, 4) is 0 Å². The average molecular weight is 390 g/mol. The second-order valence-corrected chi connectivity index (χ2v) is 5.81. The molecular weight excluding hydrogens is 371 g/mol. The number of amides is 1. The number of carbonyl (C=O) groups excluding carboxylic acids is 2. The van der Waals surface area contributed by atoms with Crippen LogP contribution >= 0.6 is 22.6 Å². The van der Waals surface area contributed by atoms with Gasteiger partial charge in [-0.1, -0.05) is 13.3 Å². The van der Waals surface area contributed by atoms with Gasteiger partial charge in [0.25, 0.3) is 5.91 Å². The van der Waals surface area contributed by atoms with E-state index in [1.807, 2.05) is 13.8 Å². The van der Waals surface area contributed by atoms with E-state index in [0.717, 1.165) is 16.4 Å². The Bertz CT molecular complexity index is 491. The first-order valence-electron chi connectivity index (χ1n) is 6.45. The molecule has 20 heavy (non-hydrogen) atoms. The molecule has 1 aromatic rings. The molecular formula is C14H19IN2O3. The maximum absolute atomic E-state index is 11.8. The summed E-state index contributed by atoms with van der Waals surface area (Å²) in [5.41, 5.74) is 6.34. The van der Waals surface area contributed by atoms with E-state index in [9.17, 15) is 9.59 Å². The minimum Gasteiger partial charge on any atom is -0.452 e. The number of esters is 1. The Hall–Kier alpha value is -1.31. The monoisotopic (exact) mass is 390 g/mol. The van der Waals surface area contributed by atoms with Crippen molar-refractivity contribution in [3.05, 3.63) is 27.3 Å². The predicted octanol–water partition coefficient (Wildman–Crippen LogP) is 2.33. The van der Waals surface area contributed by atoms with Crippen LogP contribution in [0, 0.1) is 3.57 Å². The number of ether oxygens (including phenoxy) is 1. The Kier molecular flexibility index (Phi) is 6.77. The molecule has 0 saturated heterocycles. The summed E-state index contributed by atoms with van der Waals surface area (Å²) in [6.45, 7) is 3.67. The first-order chi connectivity index (χ1) is 9.43. The molecule has 0 aromatic heterocycles. The van der Waals surface area contributed by atoms with Crippen molar-refractivity contribution < 1.29 is 14.3 Å². The Morgan fingerprint density at radius 2 is 2.15 bits per heavy atom. The molecule has 1 atom stereocenters. The van der Waals surface area contributed by atoms with Crippen LogP contribution in [0.1, 0.15) is 37.0 Å². The first kappa shape index (κ1) is 16.7. The largest absolute Gasteiger partial charge is 0.452 e. The number of anilines is 1. The van der Waals surface area contributed by atoms with Gasteiger partial charge in [-0.25, -0.2) is 4.79 Å². The van der Waals surface area contributed by atoms with Gasteiger partial charge in [-0.15, -0.1) is 0 Å². The molecule has 3 N–H and O–H groups in total. The van der Waals surface area contributed by atoms with Crippen molar-refractivity contribution >= 4 is 40.2 Å². The van der Waals surface area contributed by atoms with Gasteiger partial charge in [-0.05, 0) is 54.1 Å².